The Hall–Kier alpha value is -0.680. The van der Waals surface area contributed by atoms with Crippen LogP contribution in [0.3, 0.4) is 0 Å². The zero-order chi connectivity index (χ0) is 27.0. The molecule has 4 aliphatic rings. The van der Waals surface area contributed by atoms with E-state index in [1.54, 1.807) is 0 Å². The maximum absolute atomic E-state index is 10.5. The predicted octanol–water partition coefficient (Wildman–Crippen LogP) is -7.19. The van der Waals surface area contributed by atoms with Crippen LogP contribution in [0.1, 0.15) is 0 Å². The molecule has 0 amide bonds. The Morgan fingerprint density at radius 1 is 0.459 bits per heavy atom. The molecule has 37 heavy (non-hydrogen) atoms. The molecule has 0 aromatic heterocycles. The smallest absolute Gasteiger partial charge is 0.187 e. The Balaban J connectivity index is 1.40. The van der Waals surface area contributed by atoms with Gasteiger partial charge in [0.1, 0.15) is 73.2 Å². The molecule has 16 atom stereocenters. The average Bonchev–Trinajstić information content (AvgIpc) is 3.53. The van der Waals surface area contributed by atoms with Gasteiger partial charge >= 0.3 is 0 Å². The summed E-state index contributed by atoms with van der Waals surface area (Å²) in [6.45, 7) is -2.31. The molecule has 4 heterocycles. The van der Waals surface area contributed by atoms with Gasteiger partial charge in [0.25, 0.3) is 0 Å². The van der Waals surface area contributed by atoms with Gasteiger partial charge in [-0.2, -0.15) is 0 Å². The van der Waals surface area contributed by atoms with E-state index in [0.717, 1.165) is 0 Å². The third kappa shape index (κ3) is 5.79. The van der Waals surface area contributed by atoms with Crippen molar-refractivity contribution < 1.29 is 84.2 Å². The minimum Gasteiger partial charge on any atom is -0.394 e. The molecule has 4 fully saturated rings. The first-order valence-electron chi connectivity index (χ1n) is 11.7. The van der Waals surface area contributed by atoms with Gasteiger partial charge in [0, 0.05) is 0 Å². The topological polar surface area (TPSA) is 267 Å². The maximum Gasteiger partial charge on any atom is 0.187 e. The lowest BCUT2D eigenvalue weighted by molar-refractivity contribution is -0.257. The lowest BCUT2D eigenvalue weighted by Crippen LogP contribution is -2.45. The molecule has 0 radical (unpaired) electrons. The van der Waals surface area contributed by atoms with E-state index in [1.807, 2.05) is 0 Å². The predicted molar refractivity (Wildman–Crippen MR) is 110 cm³/mol. The van der Waals surface area contributed by atoms with Gasteiger partial charge in [-0.15, -0.1) is 0 Å². The molecule has 0 aliphatic carbocycles. The maximum atomic E-state index is 10.5. The molecule has 10 N–H and O–H groups in total. The molecule has 0 spiro atoms. The zero-order valence-corrected chi connectivity index (χ0v) is 19.4. The van der Waals surface area contributed by atoms with Crippen LogP contribution in [0.2, 0.25) is 0 Å². The van der Waals surface area contributed by atoms with Crippen LogP contribution in [0.4, 0.5) is 0 Å². The molecular weight excluding hydrogens is 512 g/mol. The van der Waals surface area contributed by atoms with Crippen molar-refractivity contribution in [3.63, 3.8) is 0 Å². The van der Waals surface area contributed by atoms with Gasteiger partial charge in [-0.3, -0.25) is 0 Å². The summed E-state index contributed by atoms with van der Waals surface area (Å²) in [5.41, 5.74) is 0. The van der Waals surface area contributed by atoms with Crippen molar-refractivity contribution in [2.75, 3.05) is 26.4 Å². The third-order valence-electron chi connectivity index (χ3n) is 6.79. The molecule has 0 bridgehead atoms. The zero-order valence-electron chi connectivity index (χ0n) is 19.4. The van der Waals surface area contributed by atoms with Crippen molar-refractivity contribution in [1.29, 1.82) is 0 Å². The van der Waals surface area contributed by atoms with Crippen LogP contribution in [0.15, 0.2) is 0 Å². The van der Waals surface area contributed by atoms with E-state index in [1.165, 1.54) is 0 Å². The Morgan fingerprint density at radius 2 is 0.919 bits per heavy atom. The highest BCUT2D eigenvalue weighted by Gasteiger charge is 2.53. The van der Waals surface area contributed by atoms with Crippen LogP contribution >= 0.6 is 0 Å². The summed E-state index contributed by atoms with van der Waals surface area (Å²) in [5.74, 6) is 0. The SMILES string of the molecule is OC[C@H]1O[C@@H](O[C@@H]2[C@@H](OC[C@H]3O[C@H](O)[C@@H](O)[C@@H]3O[C@H]3O[C@H](CO)[C@@H](O)[C@@H]3O)O[C@H](CO)[C@H]2O)[C@@H](O)[C@@H]1O. The standard InChI is InChI=1S/C20H34O17/c21-1-5-9(24)12(27)18(33-5)36-15-8(32-17(30)14(15)29)4-31-20-16(11(26)7(3-23)35-20)37-19-13(28)10(25)6(2-22)34-19/h5-30H,1-4H2/t5-,6-,7-,8-,9-,10-,11-,12+,13+,14+,15-,16+,17+,18-,19+,20+/m1/s1. The van der Waals surface area contributed by atoms with Crippen LogP contribution in [0.25, 0.3) is 0 Å². The largest absolute Gasteiger partial charge is 0.394 e. The van der Waals surface area contributed by atoms with Gasteiger partial charge in [0.2, 0.25) is 0 Å². The summed E-state index contributed by atoms with van der Waals surface area (Å²) in [5, 5.41) is 98.9. The number of aliphatic hydroxyl groups excluding tert-OH is 10. The van der Waals surface area contributed by atoms with Crippen molar-refractivity contribution in [3.8, 4) is 0 Å². The van der Waals surface area contributed by atoms with Crippen molar-refractivity contribution in [2.45, 2.75) is 98.4 Å². The second-order valence-electron chi connectivity index (χ2n) is 9.22. The van der Waals surface area contributed by atoms with E-state index < -0.39 is 125 Å². The summed E-state index contributed by atoms with van der Waals surface area (Å²) >= 11 is 0. The summed E-state index contributed by atoms with van der Waals surface area (Å²) in [4.78, 5) is 0. The first kappa shape index (κ1) is 29.3. The van der Waals surface area contributed by atoms with E-state index in [9.17, 15) is 51.1 Å². The first-order valence-corrected chi connectivity index (χ1v) is 11.7. The van der Waals surface area contributed by atoms with Gasteiger partial charge in [-0.25, -0.2) is 0 Å². The number of ether oxygens (including phenoxy) is 7. The number of rotatable bonds is 10. The van der Waals surface area contributed by atoms with Crippen LogP contribution in [0.5, 0.6) is 0 Å². The Kier molecular flexibility index (Phi) is 9.69. The van der Waals surface area contributed by atoms with Crippen molar-refractivity contribution in [3.05, 3.63) is 0 Å². The normalized spacial score (nSPS) is 52.4. The Labute approximate surface area is 209 Å². The van der Waals surface area contributed by atoms with E-state index in [2.05, 4.69) is 0 Å². The molecule has 216 valence electrons. The van der Waals surface area contributed by atoms with E-state index >= 15 is 0 Å². The number of aliphatic hydroxyl groups is 10. The fourth-order valence-electron chi connectivity index (χ4n) is 4.61. The van der Waals surface area contributed by atoms with Gasteiger partial charge in [-0.1, -0.05) is 0 Å². The third-order valence-corrected chi connectivity index (χ3v) is 6.79. The van der Waals surface area contributed by atoms with E-state index in [-0.39, 0.29) is 0 Å². The van der Waals surface area contributed by atoms with Gasteiger partial charge in [0.05, 0.1) is 26.4 Å². The number of hydrogen-bond donors (Lipinski definition) is 10. The molecular formula is C20H34O17. The molecule has 0 saturated carbocycles. The van der Waals surface area contributed by atoms with Crippen molar-refractivity contribution in [1.82, 2.24) is 0 Å². The number of hydrogen-bond acceptors (Lipinski definition) is 17. The summed E-state index contributed by atoms with van der Waals surface area (Å²) < 4.78 is 37.9. The second-order valence-corrected chi connectivity index (χ2v) is 9.22. The monoisotopic (exact) mass is 546 g/mol. The molecule has 4 saturated heterocycles. The van der Waals surface area contributed by atoms with Gasteiger partial charge in [-0.05, 0) is 0 Å². The molecule has 0 aromatic rings. The molecule has 17 heteroatoms. The Morgan fingerprint density at radius 3 is 1.41 bits per heavy atom. The lowest BCUT2D eigenvalue weighted by atomic mass is 10.1. The highest BCUT2D eigenvalue weighted by Crippen LogP contribution is 2.33. The summed E-state index contributed by atoms with van der Waals surface area (Å²) in [6.07, 6.45) is -22.6. The van der Waals surface area contributed by atoms with Gasteiger partial charge < -0.3 is 84.2 Å². The molecule has 4 rings (SSSR count). The fraction of sp³-hybridized carbons (Fsp3) is 1.00. The molecule has 17 nitrogen and oxygen atoms in total. The van der Waals surface area contributed by atoms with Gasteiger partial charge in [0.15, 0.2) is 25.2 Å². The second kappa shape index (κ2) is 12.2. The van der Waals surface area contributed by atoms with Crippen LogP contribution < -0.4 is 0 Å². The van der Waals surface area contributed by atoms with Crippen LogP contribution in [0, 0.1) is 0 Å². The highest BCUT2D eigenvalue weighted by molar-refractivity contribution is 4.94. The molecule has 0 unspecified atom stereocenters. The van der Waals surface area contributed by atoms with Crippen molar-refractivity contribution in [2.24, 2.45) is 0 Å². The summed E-state index contributed by atoms with van der Waals surface area (Å²) in [6, 6.07) is 0. The minimum atomic E-state index is -1.72. The van der Waals surface area contributed by atoms with E-state index in [4.69, 9.17) is 33.2 Å². The van der Waals surface area contributed by atoms with Crippen LogP contribution in [-0.2, 0) is 33.2 Å². The Bertz CT molecular complexity index is 731. The molecule has 0 aromatic carbocycles. The van der Waals surface area contributed by atoms with Crippen molar-refractivity contribution >= 4 is 0 Å². The van der Waals surface area contributed by atoms with Crippen LogP contribution in [-0.4, -0.2) is 176 Å². The fourth-order valence-corrected chi connectivity index (χ4v) is 4.61. The molecule has 4 aliphatic heterocycles. The quantitative estimate of drug-likeness (QED) is 0.122. The average molecular weight is 546 g/mol. The minimum absolute atomic E-state index is 0.459. The summed E-state index contributed by atoms with van der Waals surface area (Å²) in [7, 11) is 0. The lowest BCUT2D eigenvalue weighted by Gasteiger charge is -2.28. The highest BCUT2D eigenvalue weighted by atomic mass is 16.8. The van der Waals surface area contributed by atoms with E-state index in [0.29, 0.717) is 0 Å². The first-order chi connectivity index (χ1) is 17.6.